The van der Waals surface area contributed by atoms with E-state index in [-0.39, 0.29) is 17.9 Å². The van der Waals surface area contributed by atoms with Gasteiger partial charge in [-0.15, -0.1) is 23.7 Å². The van der Waals surface area contributed by atoms with E-state index in [1.165, 1.54) is 11.3 Å². The van der Waals surface area contributed by atoms with E-state index < -0.39 is 0 Å². The number of nitrogens with two attached hydrogens (primary N) is 1. The van der Waals surface area contributed by atoms with Crippen LogP contribution in [-0.2, 0) is 12.0 Å². The largest absolute Gasteiger partial charge is 0.337 e. The zero-order valence-corrected chi connectivity index (χ0v) is 12.3. The van der Waals surface area contributed by atoms with Crippen LogP contribution in [0.5, 0.6) is 0 Å². The van der Waals surface area contributed by atoms with Crippen molar-refractivity contribution in [2.75, 3.05) is 0 Å². The van der Waals surface area contributed by atoms with Gasteiger partial charge in [-0.25, -0.2) is 0 Å². The molecule has 0 unspecified atom stereocenters. The van der Waals surface area contributed by atoms with Gasteiger partial charge in [0.15, 0.2) is 5.82 Å². The third kappa shape index (κ3) is 3.16. The van der Waals surface area contributed by atoms with Crippen LogP contribution in [0.3, 0.4) is 0 Å². The minimum atomic E-state index is -0.390. The standard InChI is InChI=1S/C13H17N3OS.ClH/c14-13(6-2-1-3-7-13)12-15-11(16-17-12)9-10-5-4-8-18-10;/h4-5,8H,1-3,6-7,9,14H2;1H. The van der Waals surface area contributed by atoms with Crippen molar-refractivity contribution in [1.82, 2.24) is 10.1 Å². The Morgan fingerprint density at radius 1 is 1.32 bits per heavy atom. The van der Waals surface area contributed by atoms with Crippen LogP contribution in [0.2, 0.25) is 0 Å². The summed E-state index contributed by atoms with van der Waals surface area (Å²) in [5.41, 5.74) is 5.98. The SMILES string of the molecule is Cl.NC1(c2nc(Cc3cccs3)no2)CCCCC1. The fourth-order valence-corrected chi connectivity index (χ4v) is 3.20. The molecule has 1 fully saturated rings. The Hall–Kier alpha value is -0.910. The van der Waals surface area contributed by atoms with Crippen molar-refractivity contribution in [1.29, 1.82) is 0 Å². The molecule has 1 saturated carbocycles. The van der Waals surface area contributed by atoms with E-state index in [0.29, 0.717) is 5.89 Å². The maximum Gasteiger partial charge on any atom is 0.246 e. The lowest BCUT2D eigenvalue weighted by molar-refractivity contribution is 0.219. The van der Waals surface area contributed by atoms with E-state index in [9.17, 15) is 0 Å². The van der Waals surface area contributed by atoms with Gasteiger partial charge >= 0.3 is 0 Å². The quantitative estimate of drug-likeness (QED) is 0.945. The lowest BCUT2D eigenvalue weighted by atomic mass is 9.82. The van der Waals surface area contributed by atoms with Crippen LogP contribution in [0.25, 0.3) is 0 Å². The summed E-state index contributed by atoms with van der Waals surface area (Å²) in [6.45, 7) is 0. The molecule has 0 saturated heterocycles. The number of halogens is 1. The maximum atomic E-state index is 6.37. The molecule has 0 spiro atoms. The first kappa shape index (κ1) is 14.5. The summed E-state index contributed by atoms with van der Waals surface area (Å²) >= 11 is 1.71. The number of nitrogens with zero attached hydrogens (tertiary/aromatic N) is 2. The molecule has 2 heterocycles. The van der Waals surface area contributed by atoms with Crippen molar-refractivity contribution in [3.8, 4) is 0 Å². The van der Waals surface area contributed by atoms with Gasteiger partial charge in [-0.05, 0) is 24.3 Å². The van der Waals surface area contributed by atoms with Crippen molar-refractivity contribution >= 4 is 23.7 Å². The first-order valence-electron chi connectivity index (χ1n) is 6.41. The molecule has 2 aromatic heterocycles. The van der Waals surface area contributed by atoms with Crippen LogP contribution in [0.15, 0.2) is 22.0 Å². The van der Waals surface area contributed by atoms with E-state index >= 15 is 0 Å². The molecule has 104 valence electrons. The first-order valence-corrected chi connectivity index (χ1v) is 7.29. The molecule has 0 atom stereocenters. The van der Waals surface area contributed by atoms with E-state index in [2.05, 4.69) is 21.6 Å². The highest BCUT2D eigenvalue weighted by Crippen LogP contribution is 2.33. The van der Waals surface area contributed by atoms with Gasteiger partial charge in [0.2, 0.25) is 5.89 Å². The summed E-state index contributed by atoms with van der Waals surface area (Å²) in [5, 5.41) is 6.11. The zero-order chi connectivity index (χ0) is 12.4. The van der Waals surface area contributed by atoms with Crippen LogP contribution >= 0.6 is 23.7 Å². The van der Waals surface area contributed by atoms with Crippen molar-refractivity contribution in [3.05, 3.63) is 34.1 Å². The second kappa shape index (κ2) is 6.03. The van der Waals surface area contributed by atoms with Gasteiger partial charge in [0, 0.05) is 11.3 Å². The Morgan fingerprint density at radius 3 is 2.79 bits per heavy atom. The summed E-state index contributed by atoms with van der Waals surface area (Å²) in [5.74, 6) is 1.36. The minimum Gasteiger partial charge on any atom is -0.337 e. The topological polar surface area (TPSA) is 64.9 Å². The van der Waals surface area contributed by atoms with Crippen LogP contribution in [0, 0.1) is 0 Å². The third-order valence-corrected chi connectivity index (χ3v) is 4.43. The molecule has 1 aliphatic carbocycles. The smallest absolute Gasteiger partial charge is 0.246 e. The Morgan fingerprint density at radius 2 is 2.11 bits per heavy atom. The highest BCUT2D eigenvalue weighted by Gasteiger charge is 2.35. The normalized spacial score (nSPS) is 17.9. The predicted octanol–water partition coefficient (Wildman–Crippen LogP) is 3.26. The molecule has 6 heteroatoms. The Balaban J connectivity index is 0.00000133. The average molecular weight is 300 g/mol. The lowest BCUT2D eigenvalue weighted by Gasteiger charge is -2.29. The van der Waals surface area contributed by atoms with Crippen LogP contribution in [0.4, 0.5) is 0 Å². The van der Waals surface area contributed by atoms with Crippen molar-refractivity contribution in [2.45, 2.75) is 44.1 Å². The fourth-order valence-electron chi connectivity index (χ4n) is 2.49. The van der Waals surface area contributed by atoms with E-state index in [0.717, 1.165) is 37.9 Å². The Labute approximate surface area is 122 Å². The molecule has 4 nitrogen and oxygen atoms in total. The summed E-state index contributed by atoms with van der Waals surface area (Å²) < 4.78 is 5.37. The summed E-state index contributed by atoms with van der Waals surface area (Å²) in [7, 11) is 0. The highest BCUT2D eigenvalue weighted by molar-refractivity contribution is 7.09. The molecule has 2 aromatic rings. The van der Waals surface area contributed by atoms with Crippen LogP contribution in [-0.4, -0.2) is 10.1 Å². The number of thiophene rings is 1. The molecule has 0 aliphatic heterocycles. The van der Waals surface area contributed by atoms with Crippen molar-refractivity contribution in [3.63, 3.8) is 0 Å². The van der Waals surface area contributed by atoms with Gasteiger partial charge < -0.3 is 10.3 Å². The molecule has 0 bridgehead atoms. The van der Waals surface area contributed by atoms with Crippen LogP contribution in [0.1, 0.15) is 48.7 Å². The summed E-state index contributed by atoms with van der Waals surface area (Å²) in [4.78, 5) is 5.73. The number of aromatic nitrogens is 2. The molecule has 0 amide bonds. The number of hydrogen-bond donors (Lipinski definition) is 1. The van der Waals surface area contributed by atoms with Gasteiger partial charge in [0.25, 0.3) is 0 Å². The van der Waals surface area contributed by atoms with E-state index in [1.807, 2.05) is 6.07 Å². The number of rotatable bonds is 3. The van der Waals surface area contributed by atoms with Crippen molar-refractivity contribution in [2.24, 2.45) is 5.73 Å². The summed E-state index contributed by atoms with van der Waals surface area (Å²) in [6, 6.07) is 4.12. The molecule has 0 aromatic carbocycles. The molecular weight excluding hydrogens is 282 g/mol. The van der Waals surface area contributed by atoms with Gasteiger partial charge in [-0.3, -0.25) is 0 Å². The molecule has 2 N–H and O–H groups in total. The van der Waals surface area contributed by atoms with Gasteiger partial charge in [-0.2, -0.15) is 4.98 Å². The number of hydrogen-bond acceptors (Lipinski definition) is 5. The fraction of sp³-hybridized carbons (Fsp3) is 0.538. The Kier molecular flexibility index (Phi) is 4.60. The van der Waals surface area contributed by atoms with Gasteiger partial charge in [-0.1, -0.05) is 30.5 Å². The van der Waals surface area contributed by atoms with Gasteiger partial charge in [0.1, 0.15) is 0 Å². The zero-order valence-electron chi connectivity index (χ0n) is 10.7. The monoisotopic (exact) mass is 299 g/mol. The van der Waals surface area contributed by atoms with Crippen molar-refractivity contribution < 1.29 is 4.52 Å². The third-order valence-electron chi connectivity index (χ3n) is 3.55. The van der Waals surface area contributed by atoms with Crippen LogP contribution < -0.4 is 5.73 Å². The summed E-state index contributed by atoms with van der Waals surface area (Å²) in [6.07, 6.45) is 6.20. The molecule has 0 radical (unpaired) electrons. The first-order chi connectivity index (χ1) is 8.76. The molecule has 19 heavy (non-hydrogen) atoms. The maximum absolute atomic E-state index is 6.37. The molecular formula is C13H18ClN3OS. The van der Waals surface area contributed by atoms with E-state index in [1.54, 1.807) is 11.3 Å². The Bertz CT molecular complexity index is 506. The lowest BCUT2D eigenvalue weighted by Crippen LogP contribution is -2.39. The molecule has 1 aliphatic rings. The average Bonchev–Trinajstić information content (AvgIpc) is 3.02. The second-order valence-corrected chi connectivity index (χ2v) is 6.02. The van der Waals surface area contributed by atoms with Gasteiger partial charge in [0.05, 0.1) is 5.54 Å². The predicted molar refractivity (Wildman–Crippen MR) is 77.6 cm³/mol. The highest BCUT2D eigenvalue weighted by atomic mass is 35.5. The second-order valence-electron chi connectivity index (χ2n) is 4.99. The molecule has 3 rings (SSSR count). The minimum absolute atomic E-state index is 0. The van der Waals surface area contributed by atoms with E-state index in [4.69, 9.17) is 10.3 Å².